The summed E-state index contributed by atoms with van der Waals surface area (Å²) in [6.45, 7) is 5.15. The highest BCUT2D eigenvalue weighted by Gasteiger charge is 2.20. The zero-order chi connectivity index (χ0) is 20.5. The summed E-state index contributed by atoms with van der Waals surface area (Å²) in [5.74, 6) is 0.0654. The van der Waals surface area contributed by atoms with E-state index in [4.69, 9.17) is 16.6 Å². The van der Waals surface area contributed by atoms with Crippen LogP contribution in [-0.4, -0.2) is 37.0 Å². The van der Waals surface area contributed by atoms with E-state index in [1.807, 2.05) is 37.6 Å². The van der Waals surface area contributed by atoms with Crippen molar-refractivity contribution in [3.05, 3.63) is 52.3 Å². The van der Waals surface area contributed by atoms with Crippen LogP contribution in [0.5, 0.6) is 0 Å². The maximum absolute atomic E-state index is 13.1. The fraction of sp³-hybridized carbons (Fsp3) is 0.300. The second kappa shape index (κ2) is 7.96. The first-order valence-corrected chi connectivity index (χ1v) is 10.5. The number of halogens is 1. The van der Waals surface area contributed by atoms with Gasteiger partial charge in [0.15, 0.2) is 5.65 Å². The van der Waals surface area contributed by atoms with Crippen LogP contribution in [-0.2, 0) is 13.6 Å². The van der Waals surface area contributed by atoms with E-state index in [2.05, 4.69) is 22.4 Å². The van der Waals surface area contributed by atoms with Crippen LogP contribution in [0.4, 0.5) is 0 Å². The van der Waals surface area contributed by atoms with Gasteiger partial charge in [0.25, 0.3) is 5.91 Å². The highest BCUT2D eigenvalue weighted by molar-refractivity contribution is 7.13. The van der Waals surface area contributed by atoms with Crippen LogP contribution in [0.25, 0.3) is 21.6 Å². The smallest absolute Gasteiger partial charge is 0.252 e. The molecule has 0 aliphatic rings. The highest BCUT2D eigenvalue weighted by Crippen LogP contribution is 2.29. The molecule has 0 fully saturated rings. The van der Waals surface area contributed by atoms with Crippen molar-refractivity contribution in [1.29, 1.82) is 0 Å². The van der Waals surface area contributed by atoms with Crippen LogP contribution in [0.15, 0.2) is 36.0 Å². The summed E-state index contributed by atoms with van der Waals surface area (Å²) in [5, 5.41) is 15.1. The van der Waals surface area contributed by atoms with Crippen molar-refractivity contribution in [2.45, 2.75) is 20.4 Å². The Bertz CT molecular complexity index is 1160. The van der Waals surface area contributed by atoms with Gasteiger partial charge in [-0.15, -0.1) is 11.3 Å². The van der Waals surface area contributed by atoms with Gasteiger partial charge < -0.3 is 5.32 Å². The molecule has 4 heterocycles. The Kier molecular flexibility index (Phi) is 5.38. The molecule has 0 spiro atoms. The van der Waals surface area contributed by atoms with Gasteiger partial charge in [-0.3, -0.25) is 14.2 Å². The summed E-state index contributed by atoms with van der Waals surface area (Å²) in [4.78, 5) is 18.8. The van der Waals surface area contributed by atoms with E-state index in [-0.39, 0.29) is 11.8 Å². The molecule has 1 atom stereocenters. The Hall–Kier alpha value is -2.71. The van der Waals surface area contributed by atoms with Gasteiger partial charge >= 0.3 is 0 Å². The quantitative estimate of drug-likeness (QED) is 0.505. The van der Waals surface area contributed by atoms with Crippen molar-refractivity contribution in [2.24, 2.45) is 13.0 Å². The molecule has 4 aromatic rings. The normalized spacial score (nSPS) is 12.4. The number of nitrogens with zero attached hydrogens (tertiary/aromatic N) is 5. The summed E-state index contributed by atoms with van der Waals surface area (Å²) >= 11 is 7.51. The zero-order valence-corrected chi connectivity index (χ0v) is 18.0. The number of carbonyl (C=O) groups is 1. The molecule has 9 heteroatoms. The second-order valence-electron chi connectivity index (χ2n) is 7.14. The number of aryl methyl sites for hydroxylation is 2. The molecule has 7 nitrogen and oxygen atoms in total. The molecular weight excluding hydrogens is 408 g/mol. The number of aromatic nitrogens is 5. The summed E-state index contributed by atoms with van der Waals surface area (Å²) in [6.07, 6.45) is 3.39. The lowest BCUT2D eigenvalue weighted by atomic mass is 10.1. The minimum atomic E-state index is -0.128. The summed E-state index contributed by atoms with van der Waals surface area (Å²) in [7, 11) is 1.85. The third-order valence-electron chi connectivity index (χ3n) is 4.70. The van der Waals surface area contributed by atoms with E-state index >= 15 is 0 Å². The Morgan fingerprint density at radius 3 is 2.93 bits per heavy atom. The number of hydrogen-bond acceptors (Lipinski definition) is 5. The average molecular weight is 429 g/mol. The molecule has 0 saturated carbocycles. The van der Waals surface area contributed by atoms with Gasteiger partial charge in [-0.05, 0) is 30.4 Å². The van der Waals surface area contributed by atoms with Crippen LogP contribution in [0.1, 0.15) is 23.0 Å². The lowest BCUT2D eigenvalue weighted by Gasteiger charge is -2.14. The molecule has 0 bridgehead atoms. The van der Waals surface area contributed by atoms with Gasteiger partial charge in [0.05, 0.1) is 38.4 Å². The predicted octanol–water partition coefficient (Wildman–Crippen LogP) is 3.92. The number of thiophene rings is 1. The lowest BCUT2D eigenvalue weighted by Crippen LogP contribution is -2.30. The summed E-state index contributed by atoms with van der Waals surface area (Å²) in [5.41, 5.74) is 2.87. The topological polar surface area (TPSA) is 77.6 Å². The lowest BCUT2D eigenvalue weighted by molar-refractivity contribution is 0.0948. The van der Waals surface area contributed by atoms with Crippen LogP contribution >= 0.6 is 22.9 Å². The Balaban J connectivity index is 1.59. The maximum atomic E-state index is 13.1. The third kappa shape index (κ3) is 4.04. The minimum Gasteiger partial charge on any atom is -0.352 e. The molecule has 0 aromatic carbocycles. The molecule has 0 saturated heterocycles. The van der Waals surface area contributed by atoms with Gasteiger partial charge in [-0.25, -0.2) is 4.98 Å². The molecule has 0 aliphatic heterocycles. The third-order valence-corrected chi connectivity index (χ3v) is 5.79. The van der Waals surface area contributed by atoms with Crippen molar-refractivity contribution in [1.82, 2.24) is 29.9 Å². The van der Waals surface area contributed by atoms with E-state index in [9.17, 15) is 4.79 Å². The van der Waals surface area contributed by atoms with Crippen LogP contribution in [0.3, 0.4) is 0 Å². The number of pyridine rings is 1. The van der Waals surface area contributed by atoms with Gasteiger partial charge in [0.1, 0.15) is 0 Å². The monoisotopic (exact) mass is 428 g/mol. The first kappa shape index (κ1) is 19.6. The van der Waals surface area contributed by atoms with Crippen molar-refractivity contribution in [3.8, 4) is 10.6 Å². The number of carbonyl (C=O) groups excluding carboxylic acids is 1. The highest BCUT2D eigenvalue weighted by atomic mass is 35.5. The van der Waals surface area contributed by atoms with Crippen LogP contribution in [0.2, 0.25) is 5.02 Å². The van der Waals surface area contributed by atoms with Gasteiger partial charge in [-0.1, -0.05) is 24.6 Å². The Morgan fingerprint density at radius 1 is 1.41 bits per heavy atom. The second-order valence-corrected chi connectivity index (χ2v) is 8.52. The average Bonchev–Trinajstić information content (AvgIpc) is 3.41. The van der Waals surface area contributed by atoms with Crippen molar-refractivity contribution < 1.29 is 4.79 Å². The van der Waals surface area contributed by atoms with Crippen molar-refractivity contribution in [2.75, 3.05) is 6.54 Å². The number of hydrogen-bond donors (Lipinski definition) is 1. The molecule has 0 radical (unpaired) electrons. The minimum absolute atomic E-state index is 0.128. The van der Waals surface area contributed by atoms with Gasteiger partial charge in [-0.2, -0.15) is 10.2 Å². The first-order valence-electron chi connectivity index (χ1n) is 9.26. The zero-order valence-electron chi connectivity index (χ0n) is 16.4. The Labute approximate surface area is 177 Å². The van der Waals surface area contributed by atoms with Crippen LogP contribution < -0.4 is 5.32 Å². The molecule has 29 heavy (non-hydrogen) atoms. The van der Waals surface area contributed by atoms with Crippen LogP contribution in [0, 0.1) is 12.8 Å². The number of fused-ring (bicyclic) bond motifs is 1. The van der Waals surface area contributed by atoms with E-state index in [0.29, 0.717) is 29.3 Å². The molecule has 150 valence electrons. The largest absolute Gasteiger partial charge is 0.352 e. The molecule has 4 aromatic heterocycles. The van der Waals surface area contributed by atoms with E-state index in [1.54, 1.807) is 33.1 Å². The van der Waals surface area contributed by atoms with Crippen molar-refractivity contribution in [3.63, 3.8) is 0 Å². The predicted molar refractivity (Wildman–Crippen MR) is 115 cm³/mol. The van der Waals surface area contributed by atoms with Crippen molar-refractivity contribution >= 4 is 39.9 Å². The fourth-order valence-corrected chi connectivity index (χ4v) is 4.20. The molecule has 0 aliphatic carbocycles. The fourth-order valence-electron chi connectivity index (χ4n) is 3.36. The van der Waals surface area contributed by atoms with Gasteiger partial charge in [0, 0.05) is 26.3 Å². The molecule has 4 rings (SSSR count). The molecule has 1 amide bonds. The number of nitrogens with one attached hydrogen (secondary N) is 1. The SMILES string of the molecule is Cc1nn(C)c2nc(-c3cccs3)cc(C(=O)NC[C@@H](C)Cn3cc(Cl)cn3)c12. The summed E-state index contributed by atoms with van der Waals surface area (Å²) in [6, 6.07) is 5.83. The molecule has 1 N–H and O–H groups in total. The maximum Gasteiger partial charge on any atom is 0.252 e. The summed E-state index contributed by atoms with van der Waals surface area (Å²) < 4.78 is 3.51. The number of amides is 1. The van der Waals surface area contributed by atoms with Gasteiger partial charge in [0.2, 0.25) is 0 Å². The molecular formula is C20H21ClN6OS. The first-order chi connectivity index (χ1) is 13.9. The van der Waals surface area contributed by atoms with E-state index < -0.39 is 0 Å². The standard InChI is InChI=1S/C20H21ClN6OS/c1-12(10-27-11-14(21)9-23-27)8-22-20(28)15-7-16(17-5-4-6-29-17)24-19-18(15)13(2)25-26(19)3/h4-7,9,11-12H,8,10H2,1-3H3,(H,22,28)/t12-/m1/s1. The Morgan fingerprint density at radius 2 is 2.24 bits per heavy atom. The van der Waals surface area contributed by atoms with E-state index in [0.717, 1.165) is 21.7 Å². The number of rotatable bonds is 6. The van der Waals surface area contributed by atoms with E-state index in [1.165, 1.54) is 0 Å². The molecule has 0 unspecified atom stereocenters.